The zero-order valence-electron chi connectivity index (χ0n) is 14.1. The summed E-state index contributed by atoms with van der Waals surface area (Å²) < 4.78 is 2.09. The molecule has 0 bridgehead atoms. The number of amides is 1. The summed E-state index contributed by atoms with van der Waals surface area (Å²) in [5.41, 5.74) is 1.04. The van der Waals surface area contributed by atoms with Crippen molar-refractivity contribution in [2.75, 3.05) is 6.54 Å². The van der Waals surface area contributed by atoms with Crippen molar-refractivity contribution < 1.29 is 4.79 Å². The lowest BCUT2D eigenvalue weighted by molar-refractivity contribution is -0.132. The van der Waals surface area contributed by atoms with Crippen LogP contribution >= 0.6 is 0 Å². The molecule has 2 aromatic heterocycles. The van der Waals surface area contributed by atoms with Gasteiger partial charge in [-0.05, 0) is 19.8 Å². The molecule has 1 N–H and O–H groups in total. The maximum absolute atomic E-state index is 12.7. The second-order valence-electron chi connectivity index (χ2n) is 6.58. The van der Waals surface area contributed by atoms with Gasteiger partial charge in [0.15, 0.2) is 0 Å². The van der Waals surface area contributed by atoms with E-state index in [1.54, 1.807) is 0 Å². The van der Waals surface area contributed by atoms with E-state index in [9.17, 15) is 4.79 Å². The van der Waals surface area contributed by atoms with Gasteiger partial charge in [-0.2, -0.15) is 0 Å². The van der Waals surface area contributed by atoms with Gasteiger partial charge in [0, 0.05) is 49.7 Å². The van der Waals surface area contributed by atoms with Crippen molar-refractivity contribution in [1.82, 2.24) is 24.4 Å². The summed E-state index contributed by atoms with van der Waals surface area (Å²) in [5, 5.41) is 0. The molecule has 1 saturated heterocycles. The van der Waals surface area contributed by atoms with E-state index in [1.807, 2.05) is 30.4 Å². The number of rotatable bonds is 5. The summed E-state index contributed by atoms with van der Waals surface area (Å²) >= 11 is 0. The number of H-pyrrole nitrogens is 1. The van der Waals surface area contributed by atoms with Crippen LogP contribution in [0.4, 0.5) is 0 Å². The van der Waals surface area contributed by atoms with Crippen LogP contribution in [0.2, 0.25) is 0 Å². The van der Waals surface area contributed by atoms with Crippen molar-refractivity contribution in [3.63, 3.8) is 0 Å². The maximum Gasteiger partial charge on any atom is 0.224 e. The number of aryl methyl sites for hydroxylation is 2. The minimum absolute atomic E-state index is 0.101. The molecule has 124 valence electrons. The molecule has 0 radical (unpaired) electrons. The summed E-state index contributed by atoms with van der Waals surface area (Å²) in [5.74, 6) is 2.52. The number of aromatic amines is 1. The summed E-state index contributed by atoms with van der Waals surface area (Å²) in [4.78, 5) is 26.7. The summed E-state index contributed by atoms with van der Waals surface area (Å²) in [6.07, 6.45) is 8.13. The van der Waals surface area contributed by atoms with Gasteiger partial charge in [0.2, 0.25) is 5.91 Å². The standard InChI is InChI=1S/C17H25N5O/c1-12(2)17-18-7-10-21(17)9-6-15(23)22-8-4-5-14(22)16-19-11-13(3)20-16/h7,10-12,14H,4-6,8-9H2,1-3H3,(H,19,20). The summed E-state index contributed by atoms with van der Waals surface area (Å²) in [6.45, 7) is 7.74. The fraction of sp³-hybridized carbons (Fsp3) is 0.588. The highest BCUT2D eigenvalue weighted by atomic mass is 16.2. The number of imidazole rings is 2. The summed E-state index contributed by atoms with van der Waals surface area (Å²) in [6, 6.07) is 0.101. The lowest BCUT2D eigenvalue weighted by Crippen LogP contribution is -2.31. The van der Waals surface area contributed by atoms with E-state index in [1.165, 1.54) is 0 Å². The highest BCUT2D eigenvalue weighted by Crippen LogP contribution is 2.30. The molecule has 0 saturated carbocycles. The smallest absolute Gasteiger partial charge is 0.224 e. The van der Waals surface area contributed by atoms with Crippen LogP contribution in [0.15, 0.2) is 18.6 Å². The first-order chi connectivity index (χ1) is 11.1. The van der Waals surface area contributed by atoms with Crippen molar-refractivity contribution in [1.29, 1.82) is 0 Å². The molecule has 1 atom stereocenters. The number of likely N-dealkylation sites (tertiary alicyclic amines) is 1. The van der Waals surface area contributed by atoms with Crippen molar-refractivity contribution in [3.05, 3.63) is 35.9 Å². The molecule has 0 spiro atoms. The first kappa shape index (κ1) is 15.8. The largest absolute Gasteiger partial charge is 0.344 e. The number of nitrogens with zero attached hydrogens (tertiary/aromatic N) is 4. The zero-order valence-corrected chi connectivity index (χ0v) is 14.1. The Hall–Kier alpha value is -2.11. The Balaban J connectivity index is 1.64. The molecule has 1 aliphatic heterocycles. The lowest BCUT2D eigenvalue weighted by atomic mass is 10.2. The van der Waals surface area contributed by atoms with Gasteiger partial charge in [0.25, 0.3) is 0 Å². The SMILES string of the molecule is Cc1cnc(C2CCCN2C(=O)CCn2ccnc2C(C)C)[nH]1. The predicted octanol–water partition coefficient (Wildman–Crippen LogP) is 2.79. The average Bonchev–Trinajstić information content (AvgIpc) is 3.23. The van der Waals surface area contributed by atoms with E-state index in [0.29, 0.717) is 18.9 Å². The first-order valence-electron chi connectivity index (χ1n) is 8.38. The van der Waals surface area contributed by atoms with Crippen LogP contribution in [0, 0.1) is 6.92 Å². The van der Waals surface area contributed by atoms with Crippen molar-refractivity contribution in [3.8, 4) is 0 Å². The van der Waals surface area contributed by atoms with Crippen molar-refractivity contribution >= 4 is 5.91 Å². The van der Waals surface area contributed by atoms with Crippen LogP contribution < -0.4 is 0 Å². The van der Waals surface area contributed by atoms with Crippen LogP contribution in [0.5, 0.6) is 0 Å². The normalized spacial score (nSPS) is 18.1. The second kappa shape index (κ2) is 6.56. The van der Waals surface area contributed by atoms with E-state index >= 15 is 0 Å². The maximum atomic E-state index is 12.7. The minimum Gasteiger partial charge on any atom is -0.344 e. The van der Waals surface area contributed by atoms with Crippen molar-refractivity contribution in [2.45, 2.75) is 58.5 Å². The number of hydrogen-bond acceptors (Lipinski definition) is 3. The molecule has 1 unspecified atom stereocenters. The number of carbonyl (C=O) groups is 1. The number of carbonyl (C=O) groups excluding carboxylic acids is 1. The van der Waals surface area contributed by atoms with E-state index in [4.69, 9.17) is 0 Å². The van der Waals surface area contributed by atoms with Gasteiger partial charge in [-0.1, -0.05) is 13.8 Å². The molecule has 3 heterocycles. The molecule has 1 aliphatic rings. The molecule has 0 aromatic carbocycles. The molecule has 1 amide bonds. The molecule has 1 fully saturated rings. The van der Waals surface area contributed by atoms with Gasteiger partial charge in [0.05, 0.1) is 6.04 Å². The Morgan fingerprint density at radius 3 is 2.96 bits per heavy atom. The molecular weight excluding hydrogens is 290 g/mol. The summed E-state index contributed by atoms with van der Waals surface area (Å²) in [7, 11) is 0. The van der Waals surface area contributed by atoms with E-state index in [2.05, 4.69) is 33.4 Å². The molecule has 6 heteroatoms. The van der Waals surface area contributed by atoms with Gasteiger partial charge >= 0.3 is 0 Å². The zero-order chi connectivity index (χ0) is 16.4. The van der Waals surface area contributed by atoms with Gasteiger partial charge in [-0.3, -0.25) is 4.79 Å². The lowest BCUT2D eigenvalue weighted by Gasteiger charge is -2.23. The Morgan fingerprint density at radius 1 is 1.43 bits per heavy atom. The second-order valence-corrected chi connectivity index (χ2v) is 6.58. The van der Waals surface area contributed by atoms with E-state index < -0.39 is 0 Å². The van der Waals surface area contributed by atoms with Gasteiger partial charge < -0.3 is 14.5 Å². The topological polar surface area (TPSA) is 66.8 Å². The van der Waals surface area contributed by atoms with Crippen LogP contribution in [0.3, 0.4) is 0 Å². The minimum atomic E-state index is 0.101. The molecule has 3 rings (SSSR count). The predicted molar refractivity (Wildman–Crippen MR) is 87.9 cm³/mol. The molecular formula is C17H25N5O. The van der Waals surface area contributed by atoms with Crippen LogP contribution in [-0.2, 0) is 11.3 Å². The first-order valence-corrected chi connectivity index (χ1v) is 8.38. The molecule has 23 heavy (non-hydrogen) atoms. The number of hydrogen-bond donors (Lipinski definition) is 1. The van der Waals surface area contributed by atoms with E-state index in [-0.39, 0.29) is 11.9 Å². The van der Waals surface area contributed by atoms with E-state index in [0.717, 1.165) is 36.7 Å². The fourth-order valence-electron chi connectivity index (χ4n) is 3.32. The third kappa shape index (κ3) is 3.30. The fourth-order valence-corrected chi connectivity index (χ4v) is 3.32. The highest BCUT2D eigenvalue weighted by Gasteiger charge is 2.31. The van der Waals surface area contributed by atoms with Crippen LogP contribution in [0.25, 0.3) is 0 Å². The van der Waals surface area contributed by atoms with Gasteiger partial charge in [-0.25, -0.2) is 9.97 Å². The van der Waals surface area contributed by atoms with Gasteiger partial charge in [-0.15, -0.1) is 0 Å². The third-order valence-corrected chi connectivity index (χ3v) is 4.44. The third-order valence-electron chi connectivity index (χ3n) is 4.44. The number of nitrogens with one attached hydrogen (secondary N) is 1. The quantitative estimate of drug-likeness (QED) is 0.922. The highest BCUT2D eigenvalue weighted by molar-refractivity contribution is 5.76. The van der Waals surface area contributed by atoms with Gasteiger partial charge in [0.1, 0.15) is 11.6 Å². The Bertz CT molecular complexity index is 672. The Morgan fingerprint density at radius 2 is 2.26 bits per heavy atom. The Labute approximate surface area is 136 Å². The molecule has 0 aliphatic carbocycles. The van der Waals surface area contributed by atoms with Crippen LogP contribution in [-0.4, -0.2) is 36.9 Å². The monoisotopic (exact) mass is 315 g/mol. The molecule has 2 aromatic rings. The molecule has 6 nitrogen and oxygen atoms in total. The number of aromatic nitrogens is 4. The average molecular weight is 315 g/mol. The van der Waals surface area contributed by atoms with Crippen LogP contribution in [0.1, 0.15) is 62.4 Å². The van der Waals surface area contributed by atoms with Crippen molar-refractivity contribution in [2.24, 2.45) is 0 Å². The Kier molecular flexibility index (Phi) is 4.50.